The molecular formula is C23H22ClN3O3S2. The molecule has 1 aliphatic heterocycles. The number of halogens is 1. The highest BCUT2D eigenvalue weighted by atomic mass is 35.5. The number of sulfonamides is 1. The van der Waals surface area contributed by atoms with Gasteiger partial charge in [-0.15, -0.1) is 11.3 Å². The summed E-state index contributed by atoms with van der Waals surface area (Å²) in [5.41, 5.74) is 2.36. The summed E-state index contributed by atoms with van der Waals surface area (Å²) >= 11 is 7.69. The Morgan fingerprint density at radius 2 is 1.72 bits per heavy atom. The molecule has 2 aromatic carbocycles. The van der Waals surface area contributed by atoms with E-state index in [1.807, 2.05) is 60.0 Å². The SMILES string of the molecule is O=C(Cc1csc(-c2ccccc2Cl)n1)N1CCN(S(=O)(=O)C=Cc2ccccc2)CC1. The van der Waals surface area contributed by atoms with Crippen LogP contribution in [0.2, 0.25) is 5.02 Å². The van der Waals surface area contributed by atoms with E-state index >= 15 is 0 Å². The number of amides is 1. The van der Waals surface area contributed by atoms with Gasteiger partial charge in [0, 0.05) is 42.5 Å². The molecule has 1 fully saturated rings. The fourth-order valence-corrected chi connectivity index (χ4v) is 5.73. The van der Waals surface area contributed by atoms with Crippen molar-refractivity contribution in [2.75, 3.05) is 26.2 Å². The molecule has 1 saturated heterocycles. The van der Waals surface area contributed by atoms with Crippen molar-refractivity contribution in [2.45, 2.75) is 6.42 Å². The van der Waals surface area contributed by atoms with Crippen LogP contribution in [-0.4, -0.2) is 54.7 Å². The number of aromatic nitrogens is 1. The third-order valence-corrected chi connectivity index (χ3v) is 7.99. The van der Waals surface area contributed by atoms with Crippen molar-refractivity contribution in [3.8, 4) is 10.6 Å². The Kier molecular flexibility index (Phi) is 7.05. The summed E-state index contributed by atoms with van der Waals surface area (Å²) in [5.74, 6) is -0.0575. The van der Waals surface area contributed by atoms with E-state index in [2.05, 4.69) is 4.98 Å². The smallest absolute Gasteiger partial charge is 0.236 e. The molecule has 9 heteroatoms. The summed E-state index contributed by atoms with van der Waals surface area (Å²) in [4.78, 5) is 19.0. The average molecular weight is 488 g/mol. The lowest BCUT2D eigenvalue weighted by atomic mass is 10.2. The van der Waals surface area contributed by atoms with Crippen LogP contribution in [0, 0.1) is 0 Å². The first-order chi connectivity index (χ1) is 15.4. The molecule has 4 rings (SSSR count). The second-order valence-electron chi connectivity index (χ2n) is 7.34. The van der Waals surface area contributed by atoms with Gasteiger partial charge in [-0.05, 0) is 17.7 Å². The zero-order chi connectivity index (χ0) is 22.6. The minimum absolute atomic E-state index is 0.0575. The number of rotatable bonds is 6. The number of hydrogen-bond acceptors (Lipinski definition) is 5. The zero-order valence-corrected chi connectivity index (χ0v) is 19.6. The molecule has 2 heterocycles. The predicted molar refractivity (Wildman–Crippen MR) is 129 cm³/mol. The number of carbonyl (C=O) groups excluding carboxylic acids is 1. The van der Waals surface area contributed by atoms with Crippen LogP contribution >= 0.6 is 22.9 Å². The van der Waals surface area contributed by atoms with Gasteiger partial charge in [-0.1, -0.05) is 60.1 Å². The zero-order valence-electron chi connectivity index (χ0n) is 17.2. The minimum Gasteiger partial charge on any atom is -0.340 e. The second-order valence-corrected chi connectivity index (χ2v) is 10.4. The van der Waals surface area contributed by atoms with Crippen molar-refractivity contribution in [1.29, 1.82) is 0 Å². The van der Waals surface area contributed by atoms with E-state index in [1.165, 1.54) is 21.1 Å². The molecule has 0 radical (unpaired) electrons. The van der Waals surface area contributed by atoms with Crippen molar-refractivity contribution >= 4 is 44.9 Å². The summed E-state index contributed by atoms with van der Waals surface area (Å²) < 4.78 is 26.6. The summed E-state index contributed by atoms with van der Waals surface area (Å²) in [6, 6.07) is 16.8. The molecule has 0 saturated carbocycles. The monoisotopic (exact) mass is 487 g/mol. The highest BCUT2D eigenvalue weighted by molar-refractivity contribution is 7.92. The van der Waals surface area contributed by atoms with Gasteiger partial charge in [0.25, 0.3) is 0 Å². The van der Waals surface area contributed by atoms with E-state index in [4.69, 9.17) is 11.6 Å². The van der Waals surface area contributed by atoms with E-state index < -0.39 is 10.0 Å². The Balaban J connectivity index is 1.33. The van der Waals surface area contributed by atoms with E-state index in [0.29, 0.717) is 23.8 Å². The highest BCUT2D eigenvalue weighted by Crippen LogP contribution is 2.30. The van der Waals surface area contributed by atoms with Gasteiger partial charge < -0.3 is 4.90 Å². The molecule has 0 bridgehead atoms. The molecule has 6 nitrogen and oxygen atoms in total. The van der Waals surface area contributed by atoms with E-state index in [0.717, 1.165) is 16.1 Å². The molecule has 3 aromatic rings. The normalized spacial score (nSPS) is 15.3. The quantitative estimate of drug-likeness (QED) is 0.523. The summed E-state index contributed by atoms with van der Waals surface area (Å²) in [5, 5.41) is 4.50. The van der Waals surface area contributed by atoms with Crippen LogP contribution in [-0.2, 0) is 21.2 Å². The maximum atomic E-state index is 12.7. The lowest BCUT2D eigenvalue weighted by molar-refractivity contribution is -0.131. The third-order valence-electron chi connectivity index (χ3n) is 5.17. The molecule has 32 heavy (non-hydrogen) atoms. The number of hydrogen-bond donors (Lipinski definition) is 0. The topological polar surface area (TPSA) is 70.6 Å². The van der Waals surface area contributed by atoms with Crippen LogP contribution in [0.3, 0.4) is 0 Å². The Morgan fingerprint density at radius 3 is 2.44 bits per heavy atom. The van der Waals surface area contributed by atoms with Gasteiger partial charge in [0.05, 0.1) is 17.1 Å². The Hall–Kier alpha value is -2.52. The minimum atomic E-state index is -3.53. The van der Waals surface area contributed by atoms with E-state index in [-0.39, 0.29) is 25.4 Å². The van der Waals surface area contributed by atoms with Crippen molar-refractivity contribution in [1.82, 2.24) is 14.2 Å². The lowest BCUT2D eigenvalue weighted by Crippen LogP contribution is -2.50. The Morgan fingerprint density at radius 1 is 1.03 bits per heavy atom. The molecule has 0 atom stereocenters. The highest BCUT2D eigenvalue weighted by Gasteiger charge is 2.27. The summed E-state index contributed by atoms with van der Waals surface area (Å²) in [6.45, 7) is 1.27. The maximum absolute atomic E-state index is 12.7. The van der Waals surface area contributed by atoms with Gasteiger partial charge in [0.1, 0.15) is 5.01 Å². The van der Waals surface area contributed by atoms with Gasteiger partial charge in [-0.25, -0.2) is 13.4 Å². The number of nitrogens with zero attached hydrogens (tertiary/aromatic N) is 3. The summed E-state index contributed by atoms with van der Waals surface area (Å²) in [7, 11) is -3.53. The van der Waals surface area contributed by atoms with Gasteiger partial charge in [0.2, 0.25) is 15.9 Å². The fourth-order valence-electron chi connectivity index (χ4n) is 3.42. The molecule has 0 unspecified atom stereocenters. The summed E-state index contributed by atoms with van der Waals surface area (Å²) in [6.07, 6.45) is 1.77. The average Bonchev–Trinajstić information content (AvgIpc) is 3.27. The first kappa shape index (κ1) is 22.7. The number of benzene rings is 2. The van der Waals surface area contributed by atoms with Gasteiger partial charge >= 0.3 is 0 Å². The van der Waals surface area contributed by atoms with Crippen molar-refractivity contribution < 1.29 is 13.2 Å². The first-order valence-corrected chi connectivity index (χ1v) is 12.9. The predicted octanol–water partition coefficient (Wildman–Crippen LogP) is 4.15. The molecular weight excluding hydrogens is 466 g/mol. The van der Waals surface area contributed by atoms with Gasteiger partial charge in [-0.2, -0.15) is 4.31 Å². The molecule has 1 aliphatic rings. The second kappa shape index (κ2) is 9.95. The molecule has 1 aromatic heterocycles. The van der Waals surface area contributed by atoms with Gasteiger partial charge in [-0.3, -0.25) is 4.79 Å². The van der Waals surface area contributed by atoms with Gasteiger partial charge in [0.15, 0.2) is 0 Å². The molecule has 166 valence electrons. The van der Waals surface area contributed by atoms with Crippen LogP contribution in [0.15, 0.2) is 65.4 Å². The largest absolute Gasteiger partial charge is 0.340 e. The van der Waals surface area contributed by atoms with Crippen LogP contribution < -0.4 is 0 Å². The fraction of sp³-hybridized carbons (Fsp3) is 0.217. The van der Waals surface area contributed by atoms with Crippen LogP contribution in [0.5, 0.6) is 0 Å². The van der Waals surface area contributed by atoms with Crippen molar-refractivity contribution in [3.63, 3.8) is 0 Å². The number of thiazole rings is 1. The van der Waals surface area contributed by atoms with Crippen molar-refractivity contribution in [2.24, 2.45) is 0 Å². The maximum Gasteiger partial charge on any atom is 0.236 e. The van der Waals surface area contributed by atoms with Crippen molar-refractivity contribution in [3.05, 3.63) is 81.7 Å². The third kappa shape index (κ3) is 5.45. The molecule has 1 amide bonds. The standard InChI is InChI=1S/C23H22ClN3O3S2/c24-21-9-5-4-8-20(21)23-25-19(17-31-23)16-22(28)26-11-13-27(14-12-26)32(29,30)15-10-18-6-2-1-3-7-18/h1-10,15,17H,11-14,16H2. The van der Waals surface area contributed by atoms with Crippen LogP contribution in [0.25, 0.3) is 16.6 Å². The number of piperazine rings is 1. The molecule has 0 aliphatic carbocycles. The molecule has 0 N–H and O–H groups in total. The lowest BCUT2D eigenvalue weighted by Gasteiger charge is -2.33. The van der Waals surface area contributed by atoms with E-state index in [9.17, 15) is 13.2 Å². The van der Waals surface area contributed by atoms with E-state index in [1.54, 1.807) is 11.0 Å². The number of carbonyl (C=O) groups is 1. The van der Waals surface area contributed by atoms with Crippen LogP contribution in [0.1, 0.15) is 11.3 Å². The molecule has 0 spiro atoms. The Labute approximate surface area is 196 Å². The Bertz CT molecular complexity index is 1220. The first-order valence-electron chi connectivity index (χ1n) is 10.1. The van der Waals surface area contributed by atoms with Crippen LogP contribution in [0.4, 0.5) is 0 Å².